The fourth-order valence-corrected chi connectivity index (χ4v) is 4.04. The van der Waals surface area contributed by atoms with Crippen LogP contribution in [-0.2, 0) is 11.8 Å². The molecule has 1 atom stereocenters. The lowest BCUT2D eigenvalue weighted by Gasteiger charge is -2.16. The Balaban J connectivity index is 1.63. The quantitative estimate of drug-likeness (QED) is 0.630. The van der Waals surface area contributed by atoms with Crippen molar-refractivity contribution in [3.8, 4) is 11.4 Å². The highest BCUT2D eigenvalue weighted by molar-refractivity contribution is 8.00. The minimum atomic E-state index is -0.381. The maximum Gasteiger partial charge on any atom is 0.238 e. The van der Waals surface area contributed by atoms with E-state index in [1.54, 1.807) is 0 Å². The lowest BCUT2D eigenvalue weighted by atomic mass is 10.1. The van der Waals surface area contributed by atoms with Crippen molar-refractivity contribution in [2.75, 3.05) is 0 Å². The van der Waals surface area contributed by atoms with Crippen molar-refractivity contribution in [1.82, 2.24) is 20.1 Å². The molecule has 4 rings (SSSR count). The predicted molar refractivity (Wildman–Crippen MR) is 108 cm³/mol. The molecular formula is C20H19ClN4OS. The molecule has 0 radical (unpaired) electrons. The Hall–Kier alpha value is -2.31. The highest BCUT2D eigenvalue weighted by Gasteiger charge is 2.30. The molecule has 1 amide bonds. The van der Waals surface area contributed by atoms with Crippen LogP contribution < -0.4 is 5.32 Å². The highest BCUT2D eigenvalue weighted by Crippen LogP contribution is 2.37. The number of carbonyl (C=O) groups excluding carboxylic acids is 1. The van der Waals surface area contributed by atoms with Crippen LogP contribution in [0.3, 0.4) is 0 Å². The van der Waals surface area contributed by atoms with Gasteiger partial charge in [-0.3, -0.25) is 4.79 Å². The summed E-state index contributed by atoms with van der Waals surface area (Å²) in [5.41, 5.74) is 1.77. The molecule has 27 heavy (non-hydrogen) atoms. The zero-order valence-electron chi connectivity index (χ0n) is 14.8. The summed E-state index contributed by atoms with van der Waals surface area (Å²) in [6, 6.07) is 17.6. The maximum atomic E-state index is 12.8. The molecule has 0 bridgehead atoms. The summed E-state index contributed by atoms with van der Waals surface area (Å²) in [6.45, 7) is 0. The Bertz CT molecular complexity index is 956. The van der Waals surface area contributed by atoms with Crippen molar-refractivity contribution in [2.45, 2.75) is 29.3 Å². The summed E-state index contributed by atoms with van der Waals surface area (Å²) < 4.78 is 1.88. The van der Waals surface area contributed by atoms with Crippen LogP contribution in [0.2, 0.25) is 5.02 Å². The van der Waals surface area contributed by atoms with E-state index in [-0.39, 0.29) is 11.2 Å². The molecule has 0 aliphatic heterocycles. The van der Waals surface area contributed by atoms with Gasteiger partial charge in [-0.15, -0.1) is 10.2 Å². The van der Waals surface area contributed by atoms with E-state index in [9.17, 15) is 4.79 Å². The van der Waals surface area contributed by atoms with Crippen molar-refractivity contribution >= 4 is 29.3 Å². The normalized spacial score (nSPS) is 14.7. The predicted octanol–water partition coefficient (Wildman–Crippen LogP) is 4.25. The third-order valence-corrected chi connectivity index (χ3v) is 6.05. The van der Waals surface area contributed by atoms with Crippen LogP contribution in [0.4, 0.5) is 0 Å². The first kappa shape index (κ1) is 18.1. The second kappa shape index (κ2) is 7.74. The molecule has 1 saturated carbocycles. The second-order valence-electron chi connectivity index (χ2n) is 6.54. The summed E-state index contributed by atoms with van der Waals surface area (Å²) in [5.74, 6) is 0.688. The van der Waals surface area contributed by atoms with E-state index in [1.807, 2.05) is 66.2 Å². The van der Waals surface area contributed by atoms with Crippen LogP contribution in [-0.4, -0.2) is 26.7 Å². The van der Waals surface area contributed by atoms with Gasteiger partial charge >= 0.3 is 0 Å². The zero-order chi connectivity index (χ0) is 18.8. The van der Waals surface area contributed by atoms with Crippen molar-refractivity contribution in [2.24, 2.45) is 7.05 Å². The molecule has 138 valence electrons. The van der Waals surface area contributed by atoms with Crippen LogP contribution in [0.25, 0.3) is 11.4 Å². The number of benzene rings is 2. The molecule has 1 aromatic heterocycles. The van der Waals surface area contributed by atoms with Gasteiger partial charge in [0, 0.05) is 18.7 Å². The topological polar surface area (TPSA) is 59.8 Å². The third kappa shape index (κ3) is 4.01. The molecule has 7 heteroatoms. The van der Waals surface area contributed by atoms with Gasteiger partial charge in [-0.2, -0.15) is 0 Å². The van der Waals surface area contributed by atoms with E-state index < -0.39 is 0 Å². The Labute approximate surface area is 167 Å². The number of nitrogens with one attached hydrogen (secondary N) is 1. The average molecular weight is 399 g/mol. The number of carbonyl (C=O) groups is 1. The lowest BCUT2D eigenvalue weighted by Crippen LogP contribution is -2.29. The molecule has 1 fully saturated rings. The first-order valence-electron chi connectivity index (χ1n) is 8.80. The Morgan fingerprint density at radius 1 is 1.15 bits per heavy atom. The number of rotatable bonds is 6. The van der Waals surface area contributed by atoms with Gasteiger partial charge in [0.2, 0.25) is 5.91 Å². The van der Waals surface area contributed by atoms with Crippen molar-refractivity contribution in [3.63, 3.8) is 0 Å². The summed E-state index contributed by atoms with van der Waals surface area (Å²) in [6.07, 6.45) is 2.11. The van der Waals surface area contributed by atoms with E-state index in [0.29, 0.717) is 22.0 Å². The van der Waals surface area contributed by atoms with Crippen LogP contribution in [0, 0.1) is 0 Å². The number of amides is 1. The summed E-state index contributed by atoms with van der Waals surface area (Å²) in [5, 5.41) is 12.6. The number of thioether (sulfide) groups is 1. The van der Waals surface area contributed by atoms with Gasteiger partial charge in [-0.25, -0.2) is 0 Å². The largest absolute Gasteiger partial charge is 0.352 e. The highest BCUT2D eigenvalue weighted by atomic mass is 35.5. The molecule has 1 N–H and O–H groups in total. The van der Waals surface area contributed by atoms with Gasteiger partial charge in [0.15, 0.2) is 11.0 Å². The second-order valence-corrected chi connectivity index (χ2v) is 8.02. The van der Waals surface area contributed by atoms with Gasteiger partial charge in [0.05, 0.1) is 5.02 Å². The van der Waals surface area contributed by atoms with Crippen LogP contribution in [0.1, 0.15) is 23.7 Å². The van der Waals surface area contributed by atoms with E-state index >= 15 is 0 Å². The van der Waals surface area contributed by atoms with Gasteiger partial charge in [-0.1, -0.05) is 65.8 Å². The number of aromatic nitrogens is 3. The molecule has 2 aromatic carbocycles. The van der Waals surface area contributed by atoms with Gasteiger partial charge in [-0.05, 0) is 30.5 Å². The van der Waals surface area contributed by atoms with E-state index in [2.05, 4.69) is 15.5 Å². The van der Waals surface area contributed by atoms with Crippen LogP contribution in [0.15, 0.2) is 59.8 Å². The first-order valence-corrected chi connectivity index (χ1v) is 10.1. The van der Waals surface area contributed by atoms with Crippen molar-refractivity contribution < 1.29 is 4.79 Å². The maximum absolute atomic E-state index is 12.8. The molecule has 0 saturated heterocycles. The summed E-state index contributed by atoms with van der Waals surface area (Å²) in [7, 11) is 1.89. The molecule has 3 aromatic rings. The number of hydrogen-bond acceptors (Lipinski definition) is 4. The minimum absolute atomic E-state index is 0.0102. The van der Waals surface area contributed by atoms with Crippen molar-refractivity contribution in [1.29, 1.82) is 0 Å². The fraction of sp³-hybridized carbons (Fsp3) is 0.250. The lowest BCUT2D eigenvalue weighted by molar-refractivity contribution is -0.120. The van der Waals surface area contributed by atoms with Gasteiger partial charge in [0.25, 0.3) is 0 Å². The Morgan fingerprint density at radius 3 is 2.56 bits per heavy atom. The smallest absolute Gasteiger partial charge is 0.238 e. The standard InChI is InChI=1S/C20H19ClN4OS/c1-25-18(15-9-5-6-10-16(15)21)23-24-20(25)27-17(13-7-3-2-4-8-13)19(26)22-14-11-12-14/h2-10,14,17H,11-12H2,1H3,(H,22,26)/t17-/m0/s1. The third-order valence-electron chi connectivity index (χ3n) is 4.44. The van der Waals surface area contributed by atoms with E-state index in [4.69, 9.17) is 11.6 Å². The molecular weight excluding hydrogens is 380 g/mol. The van der Waals surface area contributed by atoms with Crippen molar-refractivity contribution in [3.05, 3.63) is 65.2 Å². The fourth-order valence-electron chi connectivity index (χ4n) is 2.81. The molecule has 1 aliphatic carbocycles. The van der Waals surface area contributed by atoms with Gasteiger partial charge < -0.3 is 9.88 Å². The van der Waals surface area contributed by atoms with Gasteiger partial charge in [0.1, 0.15) is 5.25 Å². The van der Waals surface area contributed by atoms with Crippen LogP contribution in [0.5, 0.6) is 0 Å². The van der Waals surface area contributed by atoms with E-state index in [0.717, 1.165) is 24.0 Å². The molecule has 0 unspecified atom stereocenters. The monoisotopic (exact) mass is 398 g/mol. The minimum Gasteiger partial charge on any atom is -0.352 e. The number of nitrogens with zero attached hydrogens (tertiary/aromatic N) is 3. The molecule has 0 spiro atoms. The molecule has 1 aliphatic rings. The molecule has 1 heterocycles. The van der Waals surface area contributed by atoms with Crippen LogP contribution >= 0.6 is 23.4 Å². The summed E-state index contributed by atoms with van der Waals surface area (Å²) in [4.78, 5) is 12.8. The number of halogens is 1. The Kier molecular flexibility index (Phi) is 5.18. The molecule has 5 nitrogen and oxygen atoms in total. The Morgan fingerprint density at radius 2 is 1.85 bits per heavy atom. The van der Waals surface area contributed by atoms with E-state index in [1.165, 1.54) is 11.8 Å². The first-order chi connectivity index (χ1) is 13.1. The zero-order valence-corrected chi connectivity index (χ0v) is 16.4. The summed E-state index contributed by atoms with van der Waals surface area (Å²) >= 11 is 7.71. The number of hydrogen-bond donors (Lipinski definition) is 1. The SMILES string of the molecule is Cn1c(S[C@H](C(=O)NC2CC2)c2ccccc2)nnc1-c1ccccc1Cl. The average Bonchev–Trinajstić information content (AvgIpc) is 3.42.